The molecule has 0 saturated carbocycles. The molecule has 0 aliphatic rings. The predicted octanol–water partition coefficient (Wildman–Crippen LogP) is 0.749. The Hall–Kier alpha value is -1.53. The minimum atomic E-state index is -4.52. The predicted molar refractivity (Wildman–Crippen MR) is 47.4 cm³/mol. The van der Waals surface area contributed by atoms with Crippen molar-refractivity contribution in [3.63, 3.8) is 0 Å². The normalized spacial score (nSPS) is 11.8. The molecule has 0 bridgehead atoms. The molecule has 14 heavy (non-hydrogen) atoms. The van der Waals surface area contributed by atoms with Crippen LogP contribution in [-0.4, -0.2) is 18.6 Å². The molecule has 0 spiro atoms. The van der Waals surface area contributed by atoms with E-state index in [0.29, 0.717) is 10.9 Å². The van der Waals surface area contributed by atoms with Gasteiger partial charge in [0.1, 0.15) is 0 Å². The van der Waals surface area contributed by atoms with Gasteiger partial charge in [-0.05, 0) is 12.1 Å². The van der Waals surface area contributed by atoms with Gasteiger partial charge in [0.05, 0.1) is 5.52 Å². The maximum atomic E-state index is 10.6. The highest BCUT2D eigenvalue weighted by molar-refractivity contribution is 7.85. The van der Waals surface area contributed by atoms with Crippen molar-refractivity contribution in [3.05, 3.63) is 30.3 Å². The van der Waals surface area contributed by atoms with Gasteiger partial charge in [0.2, 0.25) is 5.03 Å². The van der Waals surface area contributed by atoms with Crippen LogP contribution in [0.2, 0.25) is 0 Å². The summed E-state index contributed by atoms with van der Waals surface area (Å²) >= 11 is 0. The molecule has 1 aromatic heterocycles. The first-order valence-corrected chi connectivity index (χ1v) is 5.16. The van der Waals surface area contributed by atoms with Crippen LogP contribution in [0.4, 0.5) is 0 Å². The number of hydrogen-bond donors (Lipinski definition) is 0. The Bertz CT molecular complexity index is 580. The third kappa shape index (κ3) is 1.57. The second kappa shape index (κ2) is 3.00. The van der Waals surface area contributed by atoms with E-state index in [2.05, 4.69) is 10.2 Å². The molecule has 0 saturated heterocycles. The summed E-state index contributed by atoms with van der Waals surface area (Å²) in [4.78, 5) is 0. The van der Waals surface area contributed by atoms with Crippen LogP contribution in [0.15, 0.2) is 35.4 Å². The number of nitrogens with zero attached hydrogens (tertiary/aromatic N) is 2. The fourth-order valence-corrected chi connectivity index (χ4v) is 1.50. The van der Waals surface area contributed by atoms with E-state index >= 15 is 0 Å². The van der Waals surface area contributed by atoms with E-state index in [4.69, 9.17) is 0 Å². The third-order valence-corrected chi connectivity index (χ3v) is 2.44. The summed E-state index contributed by atoms with van der Waals surface area (Å²) in [6, 6.07) is 8.04. The summed E-state index contributed by atoms with van der Waals surface area (Å²) in [5.41, 5.74) is 0.555. The van der Waals surface area contributed by atoms with E-state index in [9.17, 15) is 13.0 Å². The first-order valence-electron chi connectivity index (χ1n) is 3.76. The Labute approximate surface area is 80.1 Å². The first kappa shape index (κ1) is 9.04. The van der Waals surface area contributed by atoms with Gasteiger partial charge in [0.25, 0.3) is 0 Å². The molecule has 2 rings (SSSR count). The maximum Gasteiger partial charge on any atom is 0.343 e. The lowest BCUT2D eigenvalue weighted by Crippen LogP contribution is -2.01. The molecule has 1 radical (unpaired) electrons. The SMILES string of the molecule is [O]S(=O)(=O)c1cc2ccccc2nn1. The van der Waals surface area contributed by atoms with Crippen molar-refractivity contribution < 1.29 is 13.0 Å². The molecule has 71 valence electrons. The molecule has 0 atom stereocenters. The van der Waals surface area contributed by atoms with E-state index in [1.165, 1.54) is 6.07 Å². The summed E-state index contributed by atoms with van der Waals surface area (Å²) < 4.78 is 31.9. The van der Waals surface area contributed by atoms with Crippen molar-refractivity contribution in [1.29, 1.82) is 0 Å². The van der Waals surface area contributed by atoms with Crippen molar-refractivity contribution in [2.75, 3.05) is 0 Å². The van der Waals surface area contributed by atoms with Gasteiger partial charge in [-0.25, -0.2) is 0 Å². The highest BCUT2D eigenvalue weighted by Crippen LogP contribution is 2.13. The molecule has 1 heterocycles. The van der Waals surface area contributed by atoms with Crippen LogP contribution in [0.25, 0.3) is 10.9 Å². The topological polar surface area (TPSA) is 79.8 Å². The van der Waals surface area contributed by atoms with Crippen molar-refractivity contribution in [1.82, 2.24) is 10.2 Å². The van der Waals surface area contributed by atoms with Gasteiger partial charge in [0, 0.05) is 5.39 Å². The number of rotatable bonds is 1. The molecule has 0 amide bonds. The quantitative estimate of drug-likeness (QED) is 0.694. The molecule has 0 fully saturated rings. The molecule has 0 N–H and O–H groups in total. The molecule has 0 aliphatic heterocycles. The molecular formula is C8H5N2O3S. The van der Waals surface area contributed by atoms with Gasteiger partial charge >= 0.3 is 10.1 Å². The zero-order valence-corrected chi connectivity index (χ0v) is 7.73. The Balaban J connectivity index is 2.75. The van der Waals surface area contributed by atoms with Crippen LogP contribution in [0.1, 0.15) is 0 Å². The minimum absolute atomic E-state index is 0.545. The molecule has 0 unspecified atom stereocenters. The first-order chi connectivity index (χ1) is 6.57. The van der Waals surface area contributed by atoms with Crippen LogP contribution in [0, 0.1) is 0 Å². The van der Waals surface area contributed by atoms with Crippen LogP contribution in [-0.2, 0) is 14.7 Å². The summed E-state index contributed by atoms with van der Waals surface area (Å²) in [6.07, 6.45) is 0. The highest BCUT2D eigenvalue weighted by Gasteiger charge is 2.14. The van der Waals surface area contributed by atoms with Gasteiger partial charge in [0.15, 0.2) is 0 Å². The number of hydrogen-bond acceptors (Lipinski definition) is 4. The molecule has 2 aromatic rings. The average molecular weight is 209 g/mol. The zero-order chi connectivity index (χ0) is 10.2. The van der Waals surface area contributed by atoms with E-state index in [0.717, 1.165) is 0 Å². The third-order valence-electron chi connectivity index (χ3n) is 1.73. The minimum Gasteiger partial charge on any atom is -0.190 e. The number of benzene rings is 1. The molecular weight excluding hydrogens is 204 g/mol. The van der Waals surface area contributed by atoms with Gasteiger partial charge in [-0.3, -0.25) is 0 Å². The molecule has 0 aliphatic carbocycles. The molecule has 1 aromatic carbocycles. The average Bonchev–Trinajstić information content (AvgIpc) is 2.16. The summed E-state index contributed by atoms with van der Waals surface area (Å²) in [5.74, 6) is 0. The maximum absolute atomic E-state index is 10.6. The largest absolute Gasteiger partial charge is 0.343 e. The lowest BCUT2D eigenvalue weighted by Gasteiger charge is -1.96. The molecule has 6 heteroatoms. The molecule has 5 nitrogen and oxygen atoms in total. The zero-order valence-electron chi connectivity index (χ0n) is 6.91. The van der Waals surface area contributed by atoms with Gasteiger partial charge in [-0.1, -0.05) is 22.8 Å². The van der Waals surface area contributed by atoms with E-state index in [1.807, 2.05) is 0 Å². The fourth-order valence-electron chi connectivity index (χ4n) is 1.09. The second-order valence-corrected chi connectivity index (χ2v) is 4.02. The number of aromatic nitrogens is 2. The lowest BCUT2D eigenvalue weighted by molar-refractivity contribution is 0.410. The van der Waals surface area contributed by atoms with Gasteiger partial charge in [-0.15, -0.1) is 10.2 Å². The summed E-state index contributed by atoms with van der Waals surface area (Å²) in [7, 11) is -4.52. The van der Waals surface area contributed by atoms with Crippen LogP contribution < -0.4 is 0 Å². The number of fused-ring (bicyclic) bond motifs is 1. The van der Waals surface area contributed by atoms with E-state index < -0.39 is 15.1 Å². The summed E-state index contributed by atoms with van der Waals surface area (Å²) in [6.45, 7) is 0. The van der Waals surface area contributed by atoms with Crippen LogP contribution in [0.5, 0.6) is 0 Å². The Kier molecular flexibility index (Phi) is 1.94. The summed E-state index contributed by atoms with van der Waals surface area (Å²) in [5, 5.41) is 6.98. The van der Waals surface area contributed by atoms with Crippen molar-refractivity contribution in [3.8, 4) is 0 Å². The standard InChI is InChI=1S/C8H5N2O3S/c11-14(12,13)8-5-6-3-1-2-4-7(6)9-10-8/h1-5H. The second-order valence-electron chi connectivity index (χ2n) is 2.70. The lowest BCUT2D eigenvalue weighted by atomic mass is 10.2. The van der Waals surface area contributed by atoms with Gasteiger partial charge in [-0.2, -0.15) is 8.42 Å². The fraction of sp³-hybridized carbons (Fsp3) is 0. The van der Waals surface area contributed by atoms with E-state index in [1.54, 1.807) is 24.3 Å². The van der Waals surface area contributed by atoms with Gasteiger partial charge < -0.3 is 0 Å². The van der Waals surface area contributed by atoms with E-state index in [-0.39, 0.29) is 0 Å². The highest BCUT2D eigenvalue weighted by atomic mass is 32.2. The van der Waals surface area contributed by atoms with Crippen LogP contribution in [0.3, 0.4) is 0 Å². The Morgan fingerprint density at radius 2 is 1.79 bits per heavy atom. The van der Waals surface area contributed by atoms with Crippen molar-refractivity contribution in [2.24, 2.45) is 0 Å². The Morgan fingerprint density at radius 1 is 1.07 bits per heavy atom. The Morgan fingerprint density at radius 3 is 2.50 bits per heavy atom. The van der Waals surface area contributed by atoms with Crippen LogP contribution >= 0.6 is 0 Å². The monoisotopic (exact) mass is 209 g/mol. The van der Waals surface area contributed by atoms with Crippen molar-refractivity contribution >= 4 is 21.0 Å². The smallest absolute Gasteiger partial charge is 0.190 e. The van der Waals surface area contributed by atoms with Crippen molar-refractivity contribution in [2.45, 2.75) is 5.03 Å².